The molecule has 0 amide bonds. The molecule has 176 valence electrons. The third kappa shape index (κ3) is 3.16. The van der Waals surface area contributed by atoms with Crippen molar-refractivity contribution in [3.8, 4) is 45.8 Å². The van der Waals surface area contributed by atoms with Crippen molar-refractivity contribution in [1.82, 2.24) is 0 Å². The van der Waals surface area contributed by atoms with Crippen molar-refractivity contribution in [1.29, 1.82) is 0 Å². The van der Waals surface area contributed by atoms with E-state index in [0.717, 1.165) is 0 Å². The number of fused-ring (bicyclic) bond motifs is 4. The van der Waals surface area contributed by atoms with Crippen molar-refractivity contribution in [3.05, 3.63) is 69.9 Å². The first-order valence-corrected chi connectivity index (χ1v) is 10.8. The lowest BCUT2D eigenvalue weighted by Gasteiger charge is -2.27. The molecule has 0 bridgehead atoms. The third-order valence-electron chi connectivity index (χ3n) is 6.19. The van der Waals surface area contributed by atoms with Gasteiger partial charge in [-0.15, -0.1) is 0 Å². The molecule has 0 fully saturated rings. The summed E-state index contributed by atoms with van der Waals surface area (Å²) in [5.74, 6) is -1.51. The predicted octanol–water partition coefficient (Wildman–Crippen LogP) is 4.05. The number of methoxy groups -OCH3 is 1. The fourth-order valence-corrected chi connectivity index (χ4v) is 4.59. The number of esters is 1. The standard InChI is InChI=1S/C26H18O9/c1-31-17-7-13(8-18-24(17)33-11-32-18)14-9-19(28)35-26-20(14)25-21(22(29)23(26)30)15(27)10-16(34-25)12-5-3-2-4-6-12/h2-8,10,14,29-30H,9,11H2,1H3. The molecule has 2 N–H and O–H groups in total. The molecule has 6 rings (SSSR count). The lowest BCUT2D eigenvalue weighted by Crippen LogP contribution is -2.22. The van der Waals surface area contributed by atoms with Crippen LogP contribution in [0.15, 0.2) is 57.7 Å². The van der Waals surface area contributed by atoms with Gasteiger partial charge in [0.15, 0.2) is 28.4 Å². The van der Waals surface area contributed by atoms with Gasteiger partial charge in [0.1, 0.15) is 16.7 Å². The third-order valence-corrected chi connectivity index (χ3v) is 6.19. The van der Waals surface area contributed by atoms with Gasteiger partial charge < -0.3 is 33.6 Å². The zero-order valence-electron chi connectivity index (χ0n) is 18.4. The van der Waals surface area contributed by atoms with E-state index in [1.165, 1.54) is 13.2 Å². The van der Waals surface area contributed by atoms with Crippen molar-refractivity contribution in [2.24, 2.45) is 0 Å². The minimum Gasteiger partial charge on any atom is -0.504 e. The molecule has 2 aliphatic rings. The van der Waals surface area contributed by atoms with Crippen LogP contribution in [-0.4, -0.2) is 30.1 Å². The Morgan fingerprint density at radius 1 is 0.971 bits per heavy atom. The molecule has 0 aliphatic carbocycles. The van der Waals surface area contributed by atoms with Crippen LogP contribution >= 0.6 is 0 Å². The van der Waals surface area contributed by atoms with Crippen molar-refractivity contribution in [2.45, 2.75) is 12.3 Å². The van der Waals surface area contributed by atoms with Crippen LogP contribution in [0.5, 0.6) is 34.5 Å². The Morgan fingerprint density at radius 2 is 1.77 bits per heavy atom. The van der Waals surface area contributed by atoms with Crippen molar-refractivity contribution < 1.29 is 38.4 Å². The molecule has 3 aromatic carbocycles. The smallest absolute Gasteiger partial charge is 0.312 e. The maximum atomic E-state index is 13.1. The van der Waals surface area contributed by atoms with Gasteiger partial charge in [0.05, 0.1) is 19.1 Å². The highest BCUT2D eigenvalue weighted by molar-refractivity contribution is 5.96. The lowest BCUT2D eigenvalue weighted by atomic mass is 9.84. The van der Waals surface area contributed by atoms with Crippen LogP contribution in [-0.2, 0) is 4.79 Å². The van der Waals surface area contributed by atoms with E-state index in [0.29, 0.717) is 28.4 Å². The van der Waals surface area contributed by atoms with E-state index in [1.54, 1.807) is 36.4 Å². The second-order valence-corrected chi connectivity index (χ2v) is 8.17. The predicted molar refractivity (Wildman–Crippen MR) is 122 cm³/mol. The number of rotatable bonds is 3. The number of ether oxygens (including phenoxy) is 4. The van der Waals surface area contributed by atoms with Gasteiger partial charge in [-0.1, -0.05) is 30.3 Å². The number of hydrogen-bond acceptors (Lipinski definition) is 9. The van der Waals surface area contributed by atoms with Crippen LogP contribution in [0.2, 0.25) is 0 Å². The summed E-state index contributed by atoms with van der Waals surface area (Å²) in [6.07, 6.45) is -0.117. The maximum Gasteiger partial charge on any atom is 0.312 e. The highest BCUT2D eigenvalue weighted by Gasteiger charge is 2.38. The molecule has 0 radical (unpaired) electrons. The molecule has 3 heterocycles. The van der Waals surface area contributed by atoms with Gasteiger partial charge >= 0.3 is 5.97 Å². The summed E-state index contributed by atoms with van der Waals surface area (Å²) >= 11 is 0. The maximum absolute atomic E-state index is 13.1. The van der Waals surface area contributed by atoms with E-state index in [2.05, 4.69) is 0 Å². The van der Waals surface area contributed by atoms with Crippen molar-refractivity contribution >= 4 is 16.9 Å². The molecule has 1 atom stereocenters. The SMILES string of the molecule is COc1cc(C2CC(=O)Oc3c(O)c(O)c4c(=O)cc(-c5ccccc5)oc4c32)cc2c1OCO2. The van der Waals surface area contributed by atoms with E-state index >= 15 is 0 Å². The van der Waals surface area contributed by atoms with E-state index in [1.807, 2.05) is 6.07 Å². The summed E-state index contributed by atoms with van der Waals surface area (Å²) in [6.45, 7) is 0.0192. The average Bonchev–Trinajstić information content (AvgIpc) is 3.35. The molecular weight excluding hydrogens is 456 g/mol. The second-order valence-electron chi connectivity index (χ2n) is 8.17. The molecule has 4 aromatic rings. The van der Waals surface area contributed by atoms with E-state index < -0.39 is 28.8 Å². The molecule has 0 spiro atoms. The molecule has 9 nitrogen and oxygen atoms in total. The fourth-order valence-electron chi connectivity index (χ4n) is 4.59. The van der Waals surface area contributed by atoms with Crippen LogP contribution in [0, 0.1) is 0 Å². The van der Waals surface area contributed by atoms with E-state index in [4.69, 9.17) is 23.4 Å². The van der Waals surface area contributed by atoms with E-state index in [-0.39, 0.29) is 41.3 Å². The number of phenols is 2. The van der Waals surface area contributed by atoms with Gasteiger partial charge in [-0.2, -0.15) is 0 Å². The topological polar surface area (TPSA) is 125 Å². The highest BCUT2D eigenvalue weighted by Crippen LogP contribution is 2.53. The minimum atomic E-state index is -0.719. The van der Waals surface area contributed by atoms with E-state index in [9.17, 15) is 19.8 Å². The Balaban J connectivity index is 1.67. The van der Waals surface area contributed by atoms with Crippen LogP contribution in [0.4, 0.5) is 0 Å². The number of hydrogen-bond donors (Lipinski definition) is 2. The van der Waals surface area contributed by atoms with Crippen molar-refractivity contribution in [3.63, 3.8) is 0 Å². The number of benzene rings is 3. The summed E-state index contributed by atoms with van der Waals surface area (Å²) in [6, 6.07) is 13.6. The van der Waals surface area contributed by atoms with Gasteiger partial charge in [-0.05, 0) is 17.7 Å². The molecule has 0 saturated carbocycles. The Bertz CT molecular complexity index is 1570. The first-order chi connectivity index (χ1) is 17.0. The lowest BCUT2D eigenvalue weighted by molar-refractivity contribution is -0.135. The minimum absolute atomic E-state index is 0.00999. The molecule has 1 aromatic heterocycles. The first-order valence-electron chi connectivity index (χ1n) is 10.8. The summed E-state index contributed by atoms with van der Waals surface area (Å²) < 4.78 is 27.9. The Morgan fingerprint density at radius 3 is 2.54 bits per heavy atom. The second kappa shape index (κ2) is 7.69. The Hall–Kier alpha value is -4.66. The molecule has 2 aliphatic heterocycles. The molecular formula is C26H18O9. The number of aromatic hydroxyl groups is 2. The molecule has 35 heavy (non-hydrogen) atoms. The summed E-state index contributed by atoms with van der Waals surface area (Å²) in [5, 5.41) is 21.2. The largest absolute Gasteiger partial charge is 0.504 e. The monoisotopic (exact) mass is 474 g/mol. The Kier molecular flexibility index (Phi) is 4.60. The van der Waals surface area contributed by atoms with Gasteiger partial charge in [0.2, 0.25) is 18.3 Å². The fraction of sp³-hybridized carbons (Fsp3) is 0.154. The highest BCUT2D eigenvalue weighted by atomic mass is 16.7. The summed E-state index contributed by atoms with van der Waals surface area (Å²) in [4.78, 5) is 25.7. The quantitative estimate of drug-likeness (QED) is 0.257. The van der Waals surface area contributed by atoms with Crippen LogP contribution in [0.25, 0.3) is 22.3 Å². The van der Waals surface area contributed by atoms with Crippen molar-refractivity contribution in [2.75, 3.05) is 13.9 Å². The average molecular weight is 474 g/mol. The van der Waals surface area contributed by atoms with Crippen LogP contribution < -0.4 is 24.4 Å². The van der Waals surface area contributed by atoms with Crippen LogP contribution in [0.1, 0.15) is 23.5 Å². The molecule has 1 unspecified atom stereocenters. The molecule has 9 heteroatoms. The summed E-state index contributed by atoms with van der Waals surface area (Å²) in [5.41, 5.74) is 0.936. The Labute approximate surface area is 197 Å². The summed E-state index contributed by atoms with van der Waals surface area (Å²) in [7, 11) is 1.48. The van der Waals surface area contributed by atoms with Gasteiger partial charge in [-0.25, -0.2) is 0 Å². The zero-order valence-corrected chi connectivity index (χ0v) is 18.4. The first kappa shape index (κ1) is 20.9. The molecule has 0 saturated heterocycles. The number of carbonyl (C=O) groups is 1. The van der Waals surface area contributed by atoms with Gasteiger partial charge in [0.25, 0.3) is 0 Å². The van der Waals surface area contributed by atoms with Gasteiger partial charge in [0, 0.05) is 17.5 Å². The zero-order chi connectivity index (χ0) is 24.3. The number of phenolic OH excluding ortho intramolecular Hbond substituents is 2. The normalized spacial score (nSPS) is 16.1. The van der Waals surface area contributed by atoms with Gasteiger partial charge in [-0.3, -0.25) is 9.59 Å². The van der Waals surface area contributed by atoms with Crippen LogP contribution in [0.3, 0.4) is 0 Å². The number of carbonyl (C=O) groups excluding carboxylic acids is 1.